The maximum atomic E-state index is 9.78. The Morgan fingerprint density at radius 2 is 0.925 bits per heavy atom. The summed E-state index contributed by atoms with van der Waals surface area (Å²) < 4.78 is 199. The van der Waals surface area contributed by atoms with Crippen LogP contribution in [-0.2, 0) is 0 Å². The van der Waals surface area contributed by atoms with E-state index in [1.807, 2.05) is 42.5 Å². The van der Waals surface area contributed by atoms with Gasteiger partial charge in [-0.2, -0.15) is 0 Å². The number of rotatable bonds is 4. The third-order valence-electron chi connectivity index (χ3n) is 9.56. The number of hydrogen-bond donors (Lipinski definition) is 0. The fourth-order valence-electron chi connectivity index (χ4n) is 7.34. The lowest BCUT2D eigenvalue weighted by Crippen LogP contribution is -1.93. The maximum Gasteiger partial charge on any atom is 0.136 e. The van der Waals surface area contributed by atoms with Crippen LogP contribution in [0.5, 0.6) is 0 Å². The Morgan fingerprint density at radius 1 is 0.340 bits per heavy atom. The molecule has 0 aliphatic carbocycles. The highest BCUT2D eigenvalue weighted by Gasteiger charge is 2.21. The van der Waals surface area contributed by atoms with Gasteiger partial charge in [0.25, 0.3) is 0 Å². The summed E-state index contributed by atoms with van der Waals surface area (Å²) >= 11 is 0. The van der Waals surface area contributed by atoms with Gasteiger partial charge in [-0.25, -0.2) is 0 Å². The van der Waals surface area contributed by atoms with E-state index >= 15 is 0 Å². The molecule has 0 spiro atoms. The molecule has 0 radical (unpaired) electrons. The fraction of sp³-hybridized carbons (Fsp3) is 0. The topological polar surface area (TPSA) is 13.1 Å². The molecular formula is C52H32O. The zero-order chi connectivity index (χ0) is 53.2. The van der Waals surface area contributed by atoms with Crippen LogP contribution in [0.1, 0.15) is 28.8 Å². The largest absolute Gasteiger partial charge is 0.456 e. The average Bonchev–Trinajstić information content (AvgIpc) is 3.81. The van der Waals surface area contributed by atoms with Crippen LogP contribution in [-0.4, -0.2) is 0 Å². The molecule has 1 heteroatoms. The molecule has 0 aliphatic rings. The molecule has 1 aromatic heterocycles. The van der Waals surface area contributed by atoms with Gasteiger partial charge in [0.15, 0.2) is 0 Å². The molecule has 53 heavy (non-hydrogen) atoms. The average molecular weight is 694 g/mol. The normalized spacial score (nSPS) is 17.3. The molecule has 0 fully saturated rings. The van der Waals surface area contributed by atoms with Crippen molar-refractivity contribution in [2.45, 2.75) is 0 Å². The minimum Gasteiger partial charge on any atom is -0.456 e. The summed E-state index contributed by atoms with van der Waals surface area (Å²) in [5.41, 5.74) is 0.0962. The van der Waals surface area contributed by atoms with Gasteiger partial charge in [-0.3, -0.25) is 0 Å². The van der Waals surface area contributed by atoms with Crippen molar-refractivity contribution in [1.29, 1.82) is 0 Å². The Balaban J connectivity index is 1.41. The Morgan fingerprint density at radius 3 is 1.64 bits per heavy atom. The lowest BCUT2D eigenvalue weighted by atomic mass is 9.82. The first-order valence-electron chi connectivity index (χ1n) is 27.1. The monoisotopic (exact) mass is 693 g/mol. The third-order valence-corrected chi connectivity index (χ3v) is 9.56. The van der Waals surface area contributed by atoms with E-state index in [9.17, 15) is 13.7 Å². The summed E-state index contributed by atoms with van der Waals surface area (Å²) in [6, 6.07) is 2.31. The molecule has 0 N–H and O–H groups in total. The number of fused-ring (bicyclic) bond motifs is 7. The molecule has 0 saturated carbocycles. The lowest BCUT2D eigenvalue weighted by molar-refractivity contribution is 0.669. The quantitative estimate of drug-likeness (QED) is 0.167. The molecule has 246 valence electrons. The molecule has 1 heterocycles. The first-order chi connectivity index (χ1) is 35.0. The molecule has 1 nitrogen and oxygen atoms in total. The summed E-state index contributed by atoms with van der Waals surface area (Å²) in [5, 5.41) is -3.01. The molecule has 0 amide bonds. The molecule has 10 aromatic carbocycles. The molecule has 0 bridgehead atoms. The second-order valence-corrected chi connectivity index (χ2v) is 12.4. The molecule has 0 atom stereocenters. The van der Waals surface area contributed by atoms with Gasteiger partial charge in [0.2, 0.25) is 0 Å². The van der Waals surface area contributed by atoms with E-state index in [-0.39, 0.29) is 22.1 Å². The van der Waals surface area contributed by atoms with Crippen molar-refractivity contribution in [3.8, 4) is 44.5 Å². The molecule has 0 saturated heterocycles. The zero-order valence-corrected chi connectivity index (χ0v) is 27.3. The first-order valence-corrected chi connectivity index (χ1v) is 16.6. The fourth-order valence-corrected chi connectivity index (χ4v) is 7.34. The van der Waals surface area contributed by atoms with Crippen LogP contribution in [0.15, 0.2) is 198 Å². The van der Waals surface area contributed by atoms with E-state index < -0.39 is 187 Å². The highest BCUT2D eigenvalue weighted by Crippen LogP contribution is 2.48. The van der Waals surface area contributed by atoms with Crippen molar-refractivity contribution >= 4 is 65.0 Å². The van der Waals surface area contributed by atoms with Crippen LogP contribution in [0.3, 0.4) is 0 Å². The van der Waals surface area contributed by atoms with Crippen molar-refractivity contribution in [1.82, 2.24) is 0 Å². The van der Waals surface area contributed by atoms with E-state index in [1.54, 1.807) is 24.3 Å². The van der Waals surface area contributed by atoms with Gasteiger partial charge < -0.3 is 4.42 Å². The van der Waals surface area contributed by atoms with Crippen molar-refractivity contribution in [2.75, 3.05) is 0 Å². The second-order valence-electron chi connectivity index (χ2n) is 12.4. The predicted octanol–water partition coefficient (Wildman–Crippen LogP) is 14.9. The summed E-state index contributed by atoms with van der Waals surface area (Å²) in [5.74, 6) is 0. The van der Waals surface area contributed by atoms with E-state index in [2.05, 4.69) is 0 Å². The highest BCUT2D eigenvalue weighted by molar-refractivity contribution is 6.26. The van der Waals surface area contributed by atoms with Crippen molar-refractivity contribution < 1.29 is 33.2 Å². The van der Waals surface area contributed by atoms with Crippen LogP contribution in [0.2, 0.25) is 0 Å². The number of benzene rings is 10. The van der Waals surface area contributed by atoms with Gasteiger partial charge in [-0.15, -0.1) is 0 Å². The number of hydrogen-bond acceptors (Lipinski definition) is 1. The van der Waals surface area contributed by atoms with Gasteiger partial charge in [0.1, 0.15) is 11.2 Å². The van der Waals surface area contributed by atoms with E-state index in [1.165, 1.54) is 0 Å². The number of furan rings is 1. The first kappa shape index (κ1) is 15.7. The van der Waals surface area contributed by atoms with Crippen LogP contribution < -0.4 is 0 Å². The molecule has 0 unspecified atom stereocenters. The minimum absolute atomic E-state index is 0.131. The SMILES string of the molecule is [2H]c1c([2H])c([2H])c2c(-c3c4c([2H])c([2H])c([2H])c([2H])c4c(-c4c([2H])c([2H])c([2H])c5c([2H])c([2H])c([2H])c(-c6ccc7c(c6)oc6cccc(-c8ccccc8)c67)c45)c4c([2H])c([2H])c([2H])c([2H])c34)c([2H])c([2H])c([2H])c2c1[2H]. The summed E-state index contributed by atoms with van der Waals surface area (Å²) in [7, 11) is 0. The summed E-state index contributed by atoms with van der Waals surface area (Å²) in [4.78, 5) is 0. The Bertz CT molecular complexity index is 4330. The Kier molecular flexibility index (Phi) is 3.50. The van der Waals surface area contributed by atoms with Crippen LogP contribution in [0, 0.1) is 0 Å². The smallest absolute Gasteiger partial charge is 0.136 e. The van der Waals surface area contributed by atoms with Crippen molar-refractivity contribution in [2.24, 2.45) is 0 Å². The lowest BCUT2D eigenvalue weighted by Gasteiger charge is -2.20. The van der Waals surface area contributed by atoms with Crippen LogP contribution >= 0.6 is 0 Å². The molecule has 11 rings (SSSR count). The highest BCUT2D eigenvalue weighted by atomic mass is 16.3. The van der Waals surface area contributed by atoms with Crippen molar-refractivity contribution in [3.05, 3.63) is 194 Å². The Hall–Kier alpha value is -6.96. The second kappa shape index (κ2) is 11.8. The van der Waals surface area contributed by atoms with Gasteiger partial charge in [0, 0.05) is 10.8 Å². The van der Waals surface area contributed by atoms with E-state index in [0.29, 0.717) is 11.0 Å². The van der Waals surface area contributed by atoms with Gasteiger partial charge in [0.05, 0.1) is 28.8 Å². The molecular weight excluding hydrogens is 641 g/mol. The van der Waals surface area contributed by atoms with Gasteiger partial charge >= 0.3 is 0 Å². The zero-order valence-electron chi connectivity index (χ0n) is 48.3. The van der Waals surface area contributed by atoms with Gasteiger partial charge in [-0.05, 0) is 106 Å². The van der Waals surface area contributed by atoms with E-state index in [4.69, 9.17) is 19.5 Å². The third kappa shape index (κ3) is 4.58. The van der Waals surface area contributed by atoms with E-state index in [0.717, 1.165) is 16.5 Å². The molecule has 11 aromatic rings. The minimum atomic E-state index is -0.912. The standard InChI is InChI=1S/C52H32O/c1-2-14-34(15-3-1)38-26-13-29-47-52(38)45-31-30-36(32-48(45)53-47)39-25-11-18-35-19-12-28-46(49(35)39)51-43-23-8-6-21-41(43)50(42-22-7-9-24-44(42)51)40-27-10-17-33-16-4-5-20-37(33)40/h1-32H/i4D,5D,6D,7D,8D,9D,10D,11D,12D,16D,17D,18D,19D,20D,21D,22D,23D,24D,25D,27D,28D. The van der Waals surface area contributed by atoms with Crippen LogP contribution in [0.4, 0.5) is 0 Å². The Labute approximate surface area is 336 Å². The molecule has 0 aliphatic heterocycles. The van der Waals surface area contributed by atoms with Crippen LogP contribution in [0.25, 0.3) is 110 Å². The summed E-state index contributed by atoms with van der Waals surface area (Å²) in [6.45, 7) is 0. The predicted molar refractivity (Wildman–Crippen MR) is 225 cm³/mol. The van der Waals surface area contributed by atoms with Gasteiger partial charge in [-0.1, -0.05) is 175 Å². The van der Waals surface area contributed by atoms with Crippen molar-refractivity contribution in [3.63, 3.8) is 0 Å². The summed E-state index contributed by atoms with van der Waals surface area (Å²) in [6.07, 6.45) is 0. The maximum absolute atomic E-state index is 9.78.